The maximum Gasteiger partial charge on any atom is 0.261 e. The molecule has 3 rings (SSSR count). The van der Waals surface area contributed by atoms with Crippen molar-refractivity contribution in [3.63, 3.8) is 0 Å². The first kappa shape index (κ1) is 17.3. The number of methoxy groups -OCH3 is 2. The number of hydrogen-bond donors (Lipinski definition) is 0. The lowest BCUT2D eigenvalue weighted by atomic mass is 10.0. The summed E-state index contributed by atoms with van der Waals surface area (Å²) in [6.07, 6.45) is -0.126. The zero-order valence-electron chi connectivity index (χ0n) is 14.8. The van der Waals surface area contributed by atoms with Crippen molar-refractivity contribution in [2.24, 2.45) is 0 Å². The first-order valence-electron chi connectivity index (χ1n) is 8.32. The summed E-state index contributed by atoms with van der Waals surface area (Å²) in [4.78, 5) is 14.9. The molecule has 0 bridgehead atoms. The smallest absolute Gasteiger partial charge is 0.261 e. The molecule has 0 saturated carbocycles. The normalized spacial score (nSPS) is 17.2. The van der Waals surface area contributed by atoms with Crippen LogP contribution in [-0.2, 0) is 4.74 Å². The molecule has 1 amide bonds. The number of carbonyl (C=O) groups is 1. The number of aryl methyl sites for hydroxylation is 1. The first-order valence-corrected chi connectivity index (χ1v) is 8.32. The molecule has 1 fully saturated rings. The van der Waals surface area contributed by atoms with Crippen molar-refractivity contribution in [3.8, 4) is 11.5 Å². The highest BCUT2D eigenvalue weighted by molar-refractivity contribution is 5.99. The van der Waals surface area contributed by atoms with Gasteiger partial charge in [-0.05, 0) is 24.6 Å². The molecule has 2 aromatic rings. The molecule has 132 valence electrons. The van der Waals surface area contributed by atoms with E-state index < -0.39 is 0 Å². The molecular formula is C20H23NO4. The Bertz CT molecular complexity index is 720. The highest BCUT2D eigenvalue weighted by Gasteiger charge is 2.29. The van der Waals surface area contributed by atoms with E-state index in [-0.39, 0.29) is 12.0 Å². The van der Waals surface area contributed by atoms with Gasteiger partial charge in [-0.1, -0.05) is 35.9 Å². The highest BCUT2D eigenvalue weighted by Crippen LogP contribution is 2.31. The van der Waals surface area contributed by atoms with Gasteiger partial charge < -0.3 is 19.1 Å². The number of carbonyl (C=O) groups excluding carboxylic acids is 1. The van der Waals surface area contributed by atoms with Gasteiger partial charge in [0.2, 0.25) is 0 Å². The Kier molecular flexibility index (Phi) is 5.24. The van der Waals surface area contributed by atoms with E-state index in [2.05, 4.69) is 31.2 Å². The van der Waals surface area contributed by atoms with Gasteiger partial charge in [0.25, 0.3) is 5.91 Å². The lowest BCUT2D eigenvalue weighted by Gasteiger charge is -2.33. The molecule has 2 aromatic carbocycles. The van der Waals surface area contributed by atoms with Gasteiger partial charge in [0.05, 0.1) is 27.4 Å². The number of ether oxygens (including phenoxy) is 3. The highest BCUT2D eigenvalue weighted by atomic mass is 16.5. The third-order valence-corrected chi connectivity index (χ3v) is 4.44. The molecule has 0 aliphatic carbocycles. The number of benzene rings is 2. The Morgan fingerprint density at radius 3 is 2.32 bits per heavy atom. The van der Waals surface area contributed by atoms with Crippen LogP contribution in [0.1, 0.15) is 27.6 Å². The van der Waals surface area contributed by atoms with E-state index in [9.17, 15) is 4.79 Å². The Hall–Kier alpha value is -2.53. The second-order valence-electron chi connectivity index (χ2n) is 6.06. The van der Waals surface area contributed by atoms with Crippen LogP contribution < -0.4 is 9.47 Å². The van der Waals surface area contributed by atoms with Gasteiger partial charge in [0.1, 0.15) is 23.2 Å². The molecule has 5 nitrogen and oxygen atoms in total. The second-order valence-corrected chi connectivity index (χ2v) is 6.06. The summed E-state index contributed by atoms with van der Waals surface area (Å²) in [6, 6.07) is 13.6. The van der Waals surface area contributed by atoms with Crippen LogP contribution in [-0.4, -0.2) is 44.7 Å². The molecule has 0 spiro atoms. The minimum absolute atomic E-state index is 0.102. The molecule has 25 heavy (non-hydrogen) atoms. The Morgan fingerprint density at radius 2 is 1.72 bits per heavy atom. The third-order valence-electron chi connectivity index (χ3n) is 4.44. The summed E-state index contributed by atoms with van der Waals surface area (Å²) in [5, 5.41) is 0. The molecular weight excluding hydrogens is 318 g/mol. The van der Waals surface area contributed by atoms with Crippen LogP contribution in [0.3, 0.4) is 0 Å². The lowest BCUT2D eigenvalue weighted by Crippen LogP contribution is -2.42. The Balaban J connectivity index is 1.84. The SMILES string of the molecule is COc1cccc(OC)c1C(=O)N1CCOC(c2ccc(C)cc2)C1. The van der Waals surface area contributed by atoms with Crippen LogP contribution in [0.5, 0.6) is 11.5 Å². The summed E-state index contributed by atoms with van der Waals surface area (Å²) in [5.74, 6) is 0.931. The number of hydrogen-bond acceptors (Lipinski definition) is 4. The topological polar surface area (TPSA) is 48.0 Å². The van der Waals surface area contributed by atoms with Gasteiger partial charge in [-0.15, -0.1) is 0 Å². The molecule has 1 unspecified atom stereocenters. The third kappa shape index (κ3) is 3.61. The van der Waals surface area contributed by atoms with Gasteiger partial charge in [-0.3, -0.25) is 4.79 Å². The van der Waals surface area contributed by atoms with Crippen molar-refractivity contribution >= 4 is 5.91 Å². The summed E-state index contributed by atoms with van der Waals surface area (Å²) in [7, 11) is 3.11. The van der Waals surface area contributed by atoms with Crippen LogP contribution in [0.2, 0.25) is 0 Å². The van der Waals surface area contributed by atoms with Gasteiger partial charge in [-0.2, -0.15) is 0 Å². The van der Waals surface area contributed by atoms with E-state index in [1.807, 2.05) is 6.07 Å². The maximum absolute atomic E-state index is 13.1. The van der Waals surface area contributed by atoms with Crippen LogP contribution in [0.15, 0.2) is 42.5 Å². The maximum atomic E-state index is 13.1. The molecule has 0 aromatic heterocycles. The molecule has 5 heteroatoms. The number of rotatable bonds is 4. The van der Waals surface area contributed by atoms with E-state index in [1.54, 1.807) is 31.3 Å². The molecule has 1 heterocycles. The molecule has 0 radical (unpaired) electrons. The fraction of sp³-hybridized carbons (Fsp3) is 0.350. The fourth-order valence-electron chi connectivity index (χ4n) is 3.04. The minimum atomic E-state index is -0.126. The van der Waals surface area contributed by atoms with Gasteiger partial charge in [0, 0.05) is 6.54 Å². The second kappa shape index (κ2) is 7.57. The molecule has 1 aliphatic rings. The summed E-state index contributed by atoms with van der Waals surface area (Å²) < 4.78 is 16.6. The Morgan fingerprint density at radius 1 is 1.08 bits per heavy atom. The van der Waals surface area contributed by atoms with E-state index in [4.69, 9.17) is 14.2 Å². The van der Waals surface area contributed by atoms with E-state index in [0.29, 0.717) is 36.8 Å². The largest absolute Gasteiger partial charge is 0.496 e. The lowest BCUT2D eigenvalue weighted by molar-refractivity contribution is -0.0230. The number of morpholine rings is 1. The van der Waals surface area contributed by atoms with Crippen molar-refractivity contribution in [1.82, 2.24) is 4.90 Å². The summed E-state index contributed by atoms with van der Waals surface area (Å²) >= 11 is 0. The summed E-state index contributed by atoms with van der Waals surface area (Å²) in [5.41, 5.74) is 2.73. The number of amides is 1. The Labute approximate surface area is 148 Å². The predicted molar refractivity (Wildman–Crippen MR) is 95.3 cm³/mol. The average Bonchev–Trinajstić information content (AvgIpc) is 2.67. The minimum Gasteiger partial charge on any atom is -0.496 e. The standard InChI is InChI=1S/C20H23NO4/c1-14-7-9-15(10-8-14)18-13-21(11-12-25-18)20(22)19-16(23-2)5-4-6-17(19)24-3/h4-10,18H,11-13H2,1-3H3. The average molecular weight is 341 g/mol. The van der Waals surface area contributed by atoms with Crippen molar-refractivity contribution in [1.29, 1.82) is 0 Å². The van der Waals surface area contributed by atoms with Gasteiger partial charge in [0.15, 0.2) is 0 Å². The quantitative estimate of drug-likeness (QED) is 0.857. The zero-order chi connectivity index (χ0) is 17.8. The zero-order valence-corrected chi connectivity index (χ0v) is 14.8. The first-order chi connectivity index (χ1) is 12.1. The van der Waals surface area contributed by atoms with Crippen LogP contribution in [0.4, 0.5) is 0 Å². The van der Waals surface area contributed by atoms with Crippen LogP contribution in [0.25, 0.3) is 0 Å². The molecule has 0 N–H and O–H groups in total. The monoisotopic (exact) mass is 341 g/mol. The van der Waals surface area contributed by atoms with Crippen LogP contribution in [0, 0.1) is 6.92 Å². The van der Waals surface area contributed by atoms with E-state index in [1.165, 1.54) is 5.56 Å². The molecule has 1 saturated heterocycles. The van der Waals surface area contributed by atoms with Crippen molar-refractivity contribution in [2.45, 2.75) is 13.0 Å². The van der Waals surface area contributed by atoms with E-state index >= 15 is 0 Å². The van der Waals surface area contributed by atoms with Gasteiger partial charge >= 0.3 is 0 Å². The van der Waals surface area contributed by atoms with Crippen molar-refractivity contribution in [3.05, 3.63) is 59.2 Å². The van der Waals surface area contributed by atoms with Gasteiger partial charge in [-0.25, -0.2) is 0 Å². The number of nitrogens with zero attached hydrogens (tertiary/aromatic N) is 1. The van der Waals surface area contributed by atoms with E-state index in [0.717, 1.165) is 5.56 Å². The fourth-order valence-corrected chi connectivity index (χ4v) is 3.04. The van der Waals surface area contributed by atoms with Crippen molar-refractivity contribution in [2.75, 3.05) is 33.9 Å². The predicted octanol–water partition coefficient (Wildman–Crippen LogP) is 3.23. The molecule has 1 atom stereocenters. The van der Waals surface area contributed by atoms with Crippen LogP contribution >= 0.6 is 0 Å². The molecule has 1 aliphatic heterocycles. The van der Waals surface area contributed by atoms with Crippen molar-refractivity contribution < 1.29 is 19.0 Å². The summed E-state index contributed by atoms with van der Waals surface area (Å²) in [6.45, 7) is 3.60.